The van der Waals surface area contributed by atoms with E-state index in [-0.39, 0.29) is 5.91 Å². The van der Waals surface area contributed by atoms with Gasteiger partial charge < -0.3 is 14.8 Å². The Labute approximate surface area is 100 Å². The van der Waals surface area contributed by atoms with Crippen molar-refractivity contribution < 1.29 is 14.3 Å². The second-order valence-corrected chi connectivity index (χ2v) is 3.79. The lowest BCUT2D eigenvalue weighted by atomic mass is 10.2. The van der Waals surface area contributed by atoms with Gasteiger partial charge in [0.2, 0.25) is 0 Å². The Morgan fingerprint density at radius 1 is 1.59 bits per heavy atom. The summed E-state index contributed by atoms with van der Waals surface area (Å²) in [5.74, 6) is 0.410. The third kappa shape index (κ3) is 3.01. The number of ether oxygens (including phenoxy) is 2. The summed E-state index contributed by atoms with van der Waals surface area (Å²) in [6, 6.07) is 3.80. The summed E-state index contributed by atoms with van der Waals surface area (Å²) < 4.78 is 10.5. The van der Waals surface area contributed by atoms with Crippen LogP contribution >= 0.6 is 0 Å². The predicted octanol–water partition coefficient (Wildman–Crippen LogP) is 0.998. The van der Waals surface area contributed by atoms with Crippen molar-refractivity contribution in [3.8, 4) is 0 Å². The monoisotopic (exact) mass is 236 g/mol. The van der Waals surface area contributed by atoms with E-state index in [2.05, 4.69) is 10.3 Å². The van der Waals surface area contributed by atoms with Gasteiger partial charge in [-0.1, -0.05) is 13.0 Å². The molecule has 1 fully saturated rings. The maximum Gasteiger partial charge on any atom is 0.257 e. The molecule has 0 radical (unpaired) electrons. The van der Waals surface area contributed by atoms with Gasteiger partial charge in [0.15, 0.2) is 6.10 Å². The standard InChI is InChI=1S/C12H16N2O3/c1-2-9-4-3-5-13-11(9)14-12(15)10-8-16-6-7-17-10/h3-5,10H,2,6-8H2,1H3,(H,13,14,15). The molecular formula is C12H16N2O3. The molecule has 1 amide bonds. The number of amides is 1. The number of carbonyl (C=O) groups is 1. The van der Waals surface area contributed by atoms with Crippen LogP contribution in [0.2, 0.25) is 0 Å². The Hall–Kier alpha value is -1.46. The van der Waals surface area contributed by atoms with Crippen LogP contribution in [0.4, 0.5) is 5.82 Å². The van der Waals surface area contributed by atoms with Crippen molar-refractivity contribution in [3.05, 3.63) is 23.9 Å². The molecule has 1 aliphatic heterocycles. The predicted molar refractivity (Wildman–Crippen MR) is 62.8 cm³/mol. The van der Waals surface area contributed by atoms with Crippen LogP contribution in [0.5, 0.6) is 0 Å². The number of aryl methyl sites for hydroxylation is 1. The lowest BCUT2D eigenvalue weighted by Gasteiger charge is -2.22. The molecule has 5 heteroatoms. The van der Waals surface area contributed by atoms with E-state index >= 15 is 0 Å². The summed E-state index contributed by atoms with van der Waals surface area (Å²) in [6.07, 6.45) is 1.95. The van der Waals surface area contributed by atoms with E-state index in [0.29, 0.717) is 25.6 Å². The van der Waals surface area contributed by atoms with Crippen LogP contribution in [0.1, 0.15) is 12.5 Å². The Kier molecular flexibility index (Phi) is 4.06. The molecule has 1 atom stereocenters. The second-order valence-electron chi connectivity index (χ2n) is 3.79. The molecule has 1 unspecified atom stereocenters. The molecule has 2 rings (SSSR count). The number of pyridine rings is 1. The Morgan fingerprint density at radius 3 is 3.18 bits per heavy atom. The molecule has 0 aromatic carbocycles. The highest BCUT2D eigenvalue weighted by Gasteiger charge is 2.23. The van der Waals surface area contributed by atoms with Crippen molar-refractivity contribution in [1.29, 1.82) is 0 Å². The van der Waals surface area contributed by atoms with Gasteiger partial charge in [0, 0.05) is 6.20 Å². The van der Waals surface area contributed by atoms with E-state index in [0.717, 1.165) is 12.0 Å². The van der Waals surface area contributed by atoms with Crippen molar-refractivity contribution in [2.75, 3.05) is 25.1 Å². The number of carbonyl (C=O) groups excluding carboxylic acids is 1. The number of aromatic nitrogens is 1. The molecule has 0 bridgehead atoms. The summed E-state index contributed by atoms with van der Waals surface area (Å²) >= 11 is 0. The lowest BCUT2D eigenvalue weighted by molar-refractivity contribution is -0.142. The minimum absolute atomic E-state index is 0.196. The third-order valence-electron chi connectivity index (χ3n) is 2.62. The van der Waals surface area contributed by atoms with Crippen LogP contribution in [0.15, 0.2) is 18.3 Å². The summed E-state index contributed by atoms with van der Waals surface area (Å²) in [6.45, 7) is 3.33. The summed E-state index contributed by atoms with van der Waals surface area (Å²) in [5.41, 5.74) is 1.01. The molecule has 1 aromatic rings. The highest BCUT2D eigenvalue weighted by Crippen LogP contribution is 2.13. The van der Waals surface area contributed by atoms with Crippen LogP contribution in [-0.4, -0.2) is 36.8 Å². The van der Waals surface area contributed by atoms with Crippen LogP contribution in [0.3, 0.4) is 0 Å². The van der Waals surface area contributed by atoms with Crippen molar-refractivity contribution in [1.82, 2.24) is 4.98 Å². The second kappa shape index (κ2) is 5.75. The van der Waals surface area contributed by atoms with Gasteiger partial charge in [0.1, 0.15) is 5.82 Å². The van der Waals surface area contributed by atoms with Gasteiger partial charge in [-0.15, -0.1) is 0 Å². The van der Waals surface area contributed by atoms with Crippen LogP contribution < -0.4 is 5.32 Å². The van der Waals surface area contributed by atoms with E-state index in [1.165, 1.54) is 0 Å². The van der Waals surface area contributed by atoms with Gasteiger partial charge in [0.25, 0.3) is 5.91 Å². The van der Waals surface area contributed by atoms with Gasteiger partial charge in [-0.3, -0.25) is 4.79 Å². The van der Waals surface area contributed by atoms with Crippen molar-refractivity contribution in [3.63, 3.8) is 0 Å². The highest BCUT2D eigenvalue weighted by atomic mass is 16.6. The maximum absolute atomic E-state index is 11.9. The number of hydrogen-bond acceptors (Lipinski definition) is 4. The van der Waals surface area contributed by atoms with E-state index < -0.39 is 6.10 Å². The van der Waals surface area contributed by atoms with E-state index in [4.69, 9.17) is 9.47 Å². The van der Waals surface area contributed by atoms with Gasteiger partial charge in [-0.05, 0) is 18.1 Å². The molecule has 1 aliphatic rings. The summed E-state index contributed by atoms with van der Waals surface area (Å²) in [4.78, 5) is 16.0. The van der Waals surface area contributed by atoms with E-state index in [1.807, 2.05) is 19.1 Å². The molecule has 1 N–H and O–H groups in total. The normalized spacial score (nSPS) is 19.9. The maximum atomic E-state index is 11.9. The molecule has 0 saturated carbocycles. The fraction of sp³-hybridized carbons (Fsp3) is 0.500. The van der Waals surface area contributed by atoms with Crippen molar-refractivity contribution >= 4 is 11.7 Å². The van der Waals surface area contributed by atoms with Crippen molar-refractivity contribution in [2.45, 2.75) is 19.4 Å². The fourth-order valence-electron chi connectivity index (χ4n) is 1.67. The fourth-order valence-corrected chi connectivity index (χ4v) is 1.67. The first kappa shape index (κ1) is 12.0. The highest BCUT2D eigenvalue weighted by molar-refractivity contribution is 5.94. The van der Waals surface area contributed by atoms with Crippen LogP contribution in [-0.2, 0) is 20.7 Å². The molecule has 2 heterocycles. The molecule has 17 heavy (non-hydrogen) atoms. The van der Waals surface area contributed by atoms with Gasteiger partial charge in [-0.25, -0.2) is 4.98 Å². The first-order valence-electron chi connectivity index (χ1n) is 5.75. The zero-order valence-electron chi connectivity index (χ0n) is 9.81. The number of anilines is 1. The van der Waals surface area contributed by atoms with Crippen LogP contribution in [0, 0.1) is 0 Å². The smallest absolute Gasteiger partial charge is 0.257 e. The molecule has 0 aliphatic carbocycles. The first-order valence-corrected chi connectivity index (χ1v) is 5.75. The van der Waals surface area contributed by atoms with Gasteiger partial charge in [-0.2, -0.15) is 0 Å². The zero-order valence-corrected chi connectivity index (χ0v) is 9.81. The van der Waals surface area contributed by atoms with Crippen molar-refractivity contribution in [2.24, 2.45) is 0 Å². The minimum atomic E-state index is -0.532. The average molecular weight is 236 g/mol. The molecule has 0 spiro atoms. The first-order chi connectivity index (χ1) is 8.31. The van der Waals surface area contributed by atoms with E-state index in [1.54, 1.807) is 6.20 Å². The number of rotatable bonds is 3. The number of hydrogen-bond donors (Lipinski definition) is 1. The third-order valence-corrected chi connectivity index (χ3v) is 2.62. The van der Waals surface area contributed by atoms with Gasteiger partial charge in [0.05, 0.1) is 19.8 Å². The Balaban J connectivity index is 2.01. The Morgan fingerprint density at radius 2 is 2.47 bits per heavy atom. The largest absolute Gasteiger partial charge is 0.376 e. The molecule has 5 nitrogen and oxygen atoms in total. The number of nitrogens with zero attached hydrogens (tertiary/aromatic N) is 1. The SMILES string of the molecule is CCc1cccnc1NC(=O)C1COCCO1. The molecule has 1 aromatic heterocycles. The number of nitrogens with one attached hydrogen (secondary N) is 1. The lowest BCUT2D eigenvalue weighted by Crippen LogP contribution is -2.39. The minimum Gasteiger partial charge on any atom is -0.376 e. The molecule has 1 saturated heterocycles. The average Bonchev–Trinajstić information content (AvgIpc) is 2.40. The topological polar surface area (TPSA) is 60.5 Å². The quantitative estimate of drug-likeness (QED) is 0.850. The zero-order chi connectivity index (χ0) is 12.1. The Bertz CT molecular complexity index is 389. The van der Waals surface area contributed by atoms with E-state index in [9.17, 15) is 4.79 Å². The molecule has 92 valence electrons. The summed E-state index contributed by atoms with van der Waals surface area (Å²) in [7, 11) is 0. The molecular weight excluding hydrogens is 220 g/mol. The van der Waals surface area contributed by atoms with Gasteiger partial charge >= 0.3 is 0 Å². The summed E-state index contributed by atoms with van der Waals surface area (Å²) in [5, 5.41) is 2.78. The van der Waals surface area contributed by atoms with Crippen LogP contribution in [0.25, 0.3) is 0 Å².